The molecular formula is C14H10N2O2. The second kappa shape index (κ2) is 4.00. The van der Waals surface area contributed by atoms with Crippen LogP contribution in [0.5, 0.6) is 0 Å². The van der Waals surface area contributed by atoms with Crippen molar-refractivity contribution in [2.45, 2.75) is 0 Å². The Balaban J connectivity index is 2.14. The van der Waals surface area contributed by atoms with Crippen LogP contribution in [0.1, 0.15) is 10.4 Å². The molecule has 0 aliphatic rings. The molecule has 1 aromatic carbocycles. The highest BCUT2D eigenvalue weighted by atomic mass is 16.4. The minimum absolute atomic E-state index is 0.227. The largest absolute Gasteiger partial charge is 0.478 e. The Bertz CT molecular complexity index is 717. The van der Waals surface area contributed by atoms with E-state index in [2.05, 4.69) is 5.10 Å². The van der Waals surface area contributed by atoms with Crippen LogP contribution in [0.15, 0.2) is 54.7 Å². The Morgan fingerprint density at radius 3 is 2.61 bits per heavy atom. The van der Waals surface area contributed by atoms with Crippen LogP contribution in [-0.4, -0.2) is 20.7 Å². The Labute approximate surface area is 103 Å². The third-order valence-corrected chi connectivity index (χ3v) is 2.78. The van der Waals surface area contributed by atoms with Gasteiger partial charge in [-0.25, -0.2) is 9.31 Å². The van der Waals surface area contributed by atoms with Gasteiger partial charge in [0.1, 0.15) is 0 Å². The minimum Gasteiger partial charge on any atom is -0.478 e. The molecule has 18 heavy (non-hydrogen) atoms. The third kappa shape index (κ3) is 1.73. The Morgan fingerprint density at radius 1 is 1.11 bits per heavy atom. The number of benzene rings is 1. The number of nitrogens with zero attached hydrogens (tertiary/aromatic N) is 2. The van der Waals surface area contributed by atoms with Crippen molar-refractivity contribution in [1.29, 1.82) is 0 Å². The van der Waals surface area contributed by atoms with Gasteiger partial charge in [-0.2, -0.15) is 5.10 Å². The van der Waals surface area contributed by atoms with Crippen LogP contribution in [0.2, 0.25) is 0 Å². The van der Waals surface area contributed by atoms with E-state index in [0.29, 0.717) is 0 Å². The molecule has 1 N–H and O–H groups in total. The SMILES string of the molecule is O=C(O)c1ccc2cc(-c3ccccc3)nn2c1. The van der Waals surface area contributed by atoms with Crippen molar-refractivity contribution in [2.75, 3.05) is 0 Å². The Morgan fingerprint density at radius 2 is 1.89 bits per heavy atom. The molecule has 2 heterocycles. The lowest BCUT2D eigenvalue weighted by atomic mass is 10.1. The van der Waals surface area contributed by atoms with Gasteiger partial charge in [-0.1, -0.05) is 30.3 Å². The minimum atomic E-state index is -0.950. The monoisotopic (exact) mass is 238 g/mol. The van der Waals surface area contributed by atoms with Crippen LogP contribution in [0, 0.1) is 0 Å². The Kier molecular flexibility index (Phi) is 2.34. The van der Waals surface area contributed by atoms with E-state index in [1.165, 1.54) is 6.20 Å². The second-order valence-corrected chi connectivity index (χ2v) is 3.99. The number of aromatic nitrogens is 2. The molecule has 0 saturated carbocycles. The fourth-order valence-corrected chi connectivity index (χ4v) is 1.86. The lowest BCUT2D eigenvalue weighted by molar-refractivity contribution is 0.0696. The molecule has 0 spiro atoms. The van der Waals surface area contributed by atoms with Gasteiger partial charge < -0.3 is 5.11 Å². The number of carboxylic acids is 1. The summed E-state index contributed by atoms with van der Waals surface area (Å²) in [6.45, 7) is 0. The number of hydrogen-bond donors (Lipinski definition) is 1. The number of fused-ring (bicyclic) bond motifs is 1. The summed E-state index contributed by atoms with van der Waals surface area (Å²) in [6, 6.07) is 15.0. The average molecular weight is 238 g/mol. The van der Waals surface area contributed by atoms with E-state index < -0.39 is 5.97 Å². The van der Waals surface area contributed by atoms with E-state index in [-0.39, 0.29) is 5.56 Å². The van der Waals surface area contributed by atoms with Crippen molar-refractivity contribution in [1.82, 2.24) is 9.61 Å². The fraction of sp³-hybridized carbons (Fsp3) is 0. The van der Waals surface area contributed by atoms with Gasteiger partial charge in [0.25, 0.3) is 0 Å². The number of carbonyl (C=O) groups is 1. The van der Waals surface area contributed by atoms with Crippen LogP contribution in [0.3, 0.4) is 0 Å². The maximum atomic E-state index is 10.9. The summed E-state index contributed by atoms with van der Waals surface area (Å²) in [6.07, 6.45) is 1.52. The van der Waals surface area contributed by atoms with Crippen LogP contribution < -0.4 is 0 Å². The summed E-state index contributed by atoms with van der Waals surface area (Å²) in [7, 11) is 0. The van der Waals surface area contributed by atoms with Crippen molar-refractivity contribution < 1.29 is 9.90 Å². The molecule has 88 valence electrons. The first-order valence-corrected chi connectivity index (χ1v) is 5.52. The smallest absolute Gasteiger partial charge is 0.337 e. The predicted octanol–water partition coefficient (Wildman–Crippen LogP) is 2.70. The molecule has 0 aliphatic heterocycles. The second-order valence-electron chi connectivity index (χ2n) is 3.99. The van der Waals surface area contributed by atoms with Crippen molar-refractivity contribution >= 4 is 11.5 Å². The topological polar surface area (TPSA) is 54.6 Å². The maximum Gasteiger partial charge on any atom is 0.337 e. The Hall–Kier alpha value is -2.62. The number of rotatable bonds is 2. The van der Waals surface area contributed by atoms with E-state index in [9.17, 15) is 4.79 Å². The zero-order chi connectivity index (χ0) is 12.5. The first kappa shape index (κ1) is 10.5. The highest BCUT2D eigenvalue weighted by molar-refractivity contribution is 5.87. The van der Waals surface area contributed by atoms with Gasteiger partial charge in [-0.3, -0.25) is 0 Å². The summed E-state index contributed by atoms with van der Waals surface area (Å²) in [5.74, 6) is -0.950. The molecular weight excluding hydrogens is 228 g/mol. The molecule has 2 aromatic heterocycles. The normalized spacial score (nSPS) is 10.7. The van der Waals surface area contributed by atoms with Gasteiger partial charge >= 0.3 is 5.97 Å². The summed E-state index contributed by atoms with van der Waals surface area (Å²) in [5.41, 5.74) is 2.94. The standard InChI is InChI=1S/C14H10N2O2/c17-14(18)11-6-7-12-8-13(15-16(12)9-11)10-4-2-1-3-5-10/h1-9H,(H,17,18). The molecule has 3 rings (SSSR count). The van der Waals surface area contributed by atoms with Crippen LogP contribution >= 0.6 is 0 Å². The van der Waals surface area contributed by atoms with E-state index in [0.717, 1.165) is 16.8 Å². The average Bonchev–Trinajstić information content (AvgIpc) is 2.82. The highest BCUT2D eigenvalue weighted by Gasteiger charge is 2.07. The van der Waals surface area contributed by atoms with Crippen LogP contribution in [0.4, 0.5) is 0 Å². The molecule has 3 aromatic rings. The molecule has 0 amide bonds. The van der Waals surface area contributed by atoms with Gasteiger partial charge in [0.15, 0.2) is 0 Å². The maximum absolute atomic E-state index is 10.9. The lowest BCUT2D eigenvalue weighted by Gasteiger charge is -1.95. The molecule has 0 atom stereocenters. The molecule has 4 heteroatoms. The summed E-state index contributed by atoms with van der Waals surface area (Å²) >= 11 is 0. The zero-order valence-corrected chi connectivity index (χ0v) is 9.45. The molecule has 0 aliphatic carbocycles. The van der Waals surface area contributed by atoms with Gasteiger partial charge in [-0.15, -0.1) is 0 Å². The summed E-state index contributed by atoms with van der Waals surface area (Å²) in [4.78, 5) is 10.9. The molecule has 0 radical (unpaired) electrons. The molecule has 0 saturated heterocycles. The number of aromatic carboxylic acids is 1. The van der Waals surface area contributed by atoms with Crippen molar-refractivity contribution in [2.24, 2.45) is 0 Å². The molecule has 0 unspecified atom stereocenters. The van der Waals surface area contributed by atoms with E-state index >= 15 is 0 Å². The zero-order valence-electron chi connectivity index (χ0n) is 9.45. The highest BCUT2D eigenvalue weighted by Crippen LogP contribution is 2.19. The third-order valence-electron chi connectivity index (χ3n) is 2.78. The van der Waals surface area contributed by atoms with Crippen molar-refractivity contribution in [3.05, 3.63) is 60.3 Å². The van der Waals surface area contributed by atoms with Gasteiger partial charge in [0, 0.05) is 11.8 Å². The van der Waals surface area contributed by atoms with Crippen LogP contribution in [0.25, 0.3) is 16.8 Å². The van der Waals surface area contributed by atoms with E-state index in [1.807, 2.05) is 36.4 Å². The van der Waals surface area contributed by atoms with Crippen molar-refractivity contribution in [3.8, 4) is 11.3 Å². The van der Waals surface area contributed by atoms with E-state index in [4.69, 9.17) is 5.11 Å². The fourth-order valence-electron chi connectivity index (χ4n) is 1.86. The predicted molar refractivity (Wildman–Crippen MR) is 67.6 cm³/mol. The summed E-state index contributed by atoms with van der Waals surface area (Å²) < 4.78 is 1.59. The first-order chi connectivity index (χ1) is 8.74. The lowest BCUT2D eigenvalue weighted by Crippen LogP contribution is -1.99. The van der Waals surface area contributed by atoms with E-state index in [1.54, 1.807) is 16.6 Å². The molecule has 0 bridgehead atoms. The number of carboxylic acid groups (broad SMARTS) is 1. The van der Waals surface area contributed by atoms with Gasteiger partial charge in [0.2, 0.25) is 0 Å². The number of hydrogen-bond acceptors (Lipinski definition) is 2. The molecule has 0 fully saturated rings. The first-order valence-electron chi connectivity index (χ1n) is 5.52. The van der Waals surface area contributed by atoms with Gasteiger partial charge in [-0.05, 0) is 18.2 Å². The molecule has 4 nitrogen and oxygen atoms in total. The number of pyridine rings is 1. The van der Waals surface area contributed by atoms with Crippen LogP contribution in [-0.2, 0) is 0 Å². The quantitative estimate of drug-likeness (QED) is 0.746. The van der Waals surface area contributed by atoms with Crippen molar-refractivity contribution in [3.63, 3.8) is 0 Å². The van der Waals surface area contributed by atoms with Gasteiger partial charge in [0.05, 0.1) is 16.8 Å². The summed E-state index contributed by atoms with van der Waals surface area (Å²) in [5, 5.41) is 13.3.